The van der Waals surface area contributed by atoms with Crippen LogP contribution in [-0.2, 0) is 0 Å². The third kappa shape index (κ3) is 2.58. The van der Waals surface area contributed by atoms with Crippen molar-refractivity contribution in [2.24, 2.45) is 0 Å². The van der Waals surface area contributed by atoms with Crippen molar-refractivity contribution in [3.8, 4) is 0 Å². The summed E-state index contributed by atoms with van der Waals surface area (Å²) in [5, 5.41) is 0. The first kappa shape index (κ1) is 11.8. The molecule has 0 radical (unpaired) electrons. The predicted octanol–water partition coefficient (Wildman–Crippen LogP) is 3.13. The van der Waals surface area contributed by atoms with Crippen molar-refractivity contribution in [2.75, 3.05) is 18.0 Å². The van der Waals surface area contributed by atoms with Gasteiger partial charge in [-0.1, -0.05) is 19.1 Å². The molecule has 0 aliphatic carbocycles. The number of anilines is 1. The molecule has 0 aromatic heterocycles. The number of benzene rings is 1. The van der Waals surface area contributed by atoms with Gasteiger partial charge in [0.25, 0.3) is 0 Å². The second-order valence-electron chi connectivity index (χ2n) is 3.47. The van der Waals surface area contributed by atoms with Crippen LogP contribution in [0.3, 0.4) is 0 Å². The van der Waals surface area contributed by atoms with E-state index < -0.39 is 0 Å². The Kier molecular flexibility index (Phi) is 4.35. The highest BCUT2D eigenvalue weighted by Gasteiger charge is 2.12. The molecule has 2 heteroatoms. The van der Waals surface area contributed by atoms with Gasteiger partial charge in [-0.2, -0.15) is 0 Å². The minimum Gasteiger partial charge on any atom is -0.372 e. The zero-order valence-electron chi connectivity index (χ0n) is 9.79. The molecule has 1 aromatic rings. The Morgan fingerprint density at radius 2 is 1.73 bits per heavy atom. The number of Topliss-reactive ketones (excluding diaryl/α,β-unsaturated/α-hetero) is 1. The highest BCUT2D eigenvalue weighted by molar-refractivity contribution is 6.01. The summed E-state index contributed by atoms with van der Waals surface area (Å²) in [6, 6.07) is 7.85. The molecule has 15 heavy (non-hydrogen) atoms. The van der Waals surface area contributed by atoms with Gasteiger partial charge in [0.2, 0.25) is 0 Å². The van der Waals surface area contributed by atoms with Gasteiger partial charge >= 0.3 is 0 Å². The summed E-state index contributed by atoms with van der Waals surface area (Å²) in [4.78, 5) is 14.0. The molecule has 1 aromatic carbocycles. The van der Waals surface area contributed by atoms with E-state index in [1.54, 1.807) is 0 Å². The van der Waals surface area contributed by atoms with Crippen LogP contribution in [0.5, 0.6) is 0 Å². The Balaban J connectivity index is 3.10. The van der Waals surface area contributed by atoms with E-state index in [0.29, 0.717) is 6.42 Å². The summed E-state index contributed by atoms with van der Waals surface area (Å²) in [5.74, 6) is 0.220. The lowest BCUT2D eigenvalue weighted by Gasteiger charge is -2.23. The lowest BCUT2D eigenvalue weighted by atomic mass is 10.1. The third-order valence-electron chi connectivity index (χ3n) is 2.63. The van der Waals surface area contributed by atoms with Gasteiger partial charge in [-0.3, -0.25) is 4.79 Å². The maximum absolute atomic E-state index is 11.7. The number of nitrogens with zero attached hydrogens (tertiary/aromatic N) is 1. The van der Waals surface area contributed by atoms with Gasteiger partial charge in [0.05, 0.1) is 0 Å². The van der Waals surface area contributed by atoms with Crippen LogP contribution < -0.4 is 4.90 Å². The third-order valence-corrected chi connectivity index (χ3v) is 2.63. The molecule has 0 aliphatic heterocycles. The topological polar surface area (TPSA) is 20.3 Å². The van der Waals surface area contributed by atoms with Crippen molar-refractivity contribution in [3.05, 3.63) is 29.8 Å². The van der Waals surface area contributed by atoms with Gasteiger partial charge in [0.1, 0.15) is 0 Å². The van der Waals surface area contributed by atoms with Crippen LogP contribution in [0.25, 0.3) is 0 Å². The number of hydrogen-bond donors (Lipinski definition) is 0. The van der Waals surface area contributed by atoms with E-state index in [1.165, 1.54) is 0 Å². The van der Waals surface area contributed by atoms with E-state index in [-0.39, 0.29) is 5.78 Å². The molecule has 82 valence electrons. The van der Waals surface area contributed by atoms with E-state index in [2.05, 4.69) is 18.7 Å². The molecule has 0 atom stereocenters. The van der Waals surface area contributed by atoms with Crippen LogP contribution in [0.15, 0.2) is 24.3 Å². The second kappa shape index (κ2) is 5.54. The van der Waals surface area contributed by atoms with Crippen LogP contribution in [0.4, 0.5) is 5.69 Å². The van der Waals surface area contributed by atoms with Gasteiger partial charge < -0.3 is 4.90 Å². The van der Waals surface area contributed by atoms with Crippen molar-refractivity contribution in [2.45, 2.75) is 27.2 Å². The lowest BCUT2D eigenvalue weighted by molar-refractivity contribution is 0.0988. The largest absolute Gasteiger partial charge is 0.372 e. The van der Waals surface area contributed by atoms with Crippen molar-refractivity contribution in [1.29, 1.82) is 0 Å². The summed E-state index contributed by atoms with van der Waals surface area (Å²) in [5.41, 5.74) is 1.91. The first-order valence-corrected chi connectivity index (χ1v) is 5.61. The molecule has 2 nitrogen and oxygen atoms in total. The number of carbonyl (C=O) groups is 1. The maximum Gasteiger partial charge on any atom is 0.164 e. The summed E-state index contributed by atoms with van der Waals surface area (Å²) in [6.45, 7) is 7.99. The highest BCUT2D eigenvalue weighted by atomic mass is 16.1. The first-order chi connectivity index (χ1) is 7.24. The molecule has 0 spiro atoms. The number of carbonyl (C=O) groups excluding carboxylic acids is 1. The molecule has 0 heterocycles. The molecule has 0 saturated carbocycles. The van der Waals surface area contributed by atoms with Gasteiger partial charge in [-0.15, -0.1) is 0 Å². The Bertz CT molecular complexity index is 329. The summed E-state index contributed by atoms with van der Waals surface area (Å²) < 4.78 is 0. The van der Waals surface area contributed by atoms with E-state index in [1.807, 2.05) is 31.2 Å². The summed E-state index contributed by atoms with van der Waals surface area (Å²) in [7, 11) is 0. The average Bonchev–Trinajstić information content (AvgIpc) is 2.30. The molecule has 0 saturated heterocycles. The molecule has 0 N–H and O–H groups in total. The smallest absolute Gasteiger partial charge is 0.164 e. The van der Waals surface area contributed by atoms with Gasteiger partial charge in [0, 0.05) is 30.8 Å². The van der Waals surface area contributed by atoms with Crippen LogP contribution in [-0.4, -0.2) is 18.9 Å². The zero-order chi connectivity index (χ0) is 11.3. The quantitative estimate of drug-likeness (QED) is 0.688. The Labute approximate surface area is 91.9 Å². The minimum atomic E-state index is 0.220. The average molecular weight is 205 g/mol. The number of hydrogen-bond acceptors (Lipinski definition) is 2. The Hall–Kier alpha value is -1.31. The fraction of sp³-hybridized carbons (Fsp3) is 0.462. The van der Waals surface area contributed by atoms with Gasteiger partial charge in [-0.05, 0) is 26.0 Å². The van der Waals surface area contributed by atoms with Gasteiger partial charge in [-0.25, -0.2) is 0 Å². The van der Waals surface area contributed by atoms with Crippen LogP contribution >= 0.6 is 0 Å². The minimum absolute atomic E-state index is 0.220. The Morgan fingerprint density at radius 1 is 1.13 bits per heavy atom. The molecular weight excluding hydrogens is 186 g/mol. The summed E-state index contributed by atoms with van der Waals surface area (Å²) >= 11 is 0. The normalized spacial score (nSPS) is 10.1. The summed E-state index contributed by atoms with van der Waals surface area (Å²) in [6.07, 6.45) is 0.568. The standard InChI is InChI=1S/C13H19NO/c1-4-13(15)11-9-7-8-10-12(11)14(5-2)6-3/h7-10H,4-6H2,1-3H3. The van der Waals surface area contributed by atoms with Crippen molar-refractivity contribution < 1.29 is 4.79 Å². The van der Waals surface area contributed by atoms with E-state index in [9.17, 15) is 4.79 Å². The number of ketones is 1. The molecular formula is C13H19NO. The van der Waals surface area contributed by atoms with E-state index in [4.69, 9.17) is 0 Å². The first-order valence-electron chi connectivity index (χ1n) is 5.61. The Morgan fingerprint density at radius 3 is 2.27 bits per heavy atom. The monoisotopic (exact) mass is 205 g/mol. The fourth-order valence-corrected chi connectivity index (χ4v) is 1.74. The molecule has 0 fully saturated rings. The molecule has 0 unspecified atom stereocenters. The highest BCUT2D eigenvalue weighted by Crippen LogP contribution is 2.21. The molecule has 1 rings (SSSR count). The van der Waals surface area contributed by atoms with Crippen molar-refractivity contribution in [1.82, 2.24) is 0 Å². The van der Waals surface area contributed by atoms with E-state index in [0.717, 1.165) is 24.3 Å². The van der Waals surface area contributed by atoms with Crippen LogP contribution in [0.2, 0.25) is 0 Å². The number of para-hydroxylation sites is 1. The number of rotatable bonds is 5. The maximum atomic E-state index is 11.7. The molecule has 0 bridgehead atoms. The predicted molar refractivity (Wildman–Crippen MR) is 64.6 cm³/mol. The van der Waals surface area contributed by atoms with Crippen molar-refractivity contribution >= 4 is 11.5 Å². The van der Waals surface area contributed by atoms with Crippen LogP contribution in [0.1, 0.15) is 37.6 Å². The van der Waals surface area contributed by atoms with E-state index >= 15 is 0 Å². The van der Waals surface area contributed by atoms with Gasteiger partial charge in [0.15, 0.2) is 5.78 Å². The second-order valence-corrected chi connectivity index (χ2v) is 3.47. The zero-order valence-corrected chi connectivity index (χ0v) is 9.79. The SMILES string of the molecule is CCC(=O)c1ccccc1N(CC)CC. The fourth-order valence-electron chi connectivity index (χ4n) is 1.74. The molecule has 0 amide bonds. The van der Waals surface area contributed by atoms with Crippen LogP contribution in [0, 0.1) is 0 Å². The lowest BCUT2D eigenvalue weighted by Crippen LogP contribution is -2.24. The van der Waals surface area contributed by atoms with Crippen molar-refractivity contribution in [3.63, 3.8) is 0 Å². The molecule has 0 aliphatic rings.